The van der Waals surface area contributed by atoms with E-state index < -0.39 is 15.9 Å². The molecule has 0 fully saturated rings. The second kappa shape index (κ2) is 4.99. The van der Waals surface area contributed by atoms with E-state index in [-0.39, 0.29) is 16.9 Å². The first-order chi connectivity index (χ1) is 6.87. The molecular weight excluding hydrogens is 267 g/mol. The Kier molecular flexibility index (Phi) is 4.17. The molecular formula is C5H8Cl2N4O3S. The van der Waals surface area contributed by atoms with Gasteiger partial charge < -0.3 is 0 Å². The van der Waals surface area contributed by atoms with E-state index in [1.807, 2.05) is 0 Å². The summed E-state index contributed by atoms with van der Waals surface area (Å²) in [6.07, 6.45) is 1.38. The summed E-state index contributed by atoms with van der Waals surface area (Å²) in [5.41, 5.74) is 5.06. The molecule has 1 rings (SSSR count). The Balaban J connectivity index is 2.39. The molecule has 1 aliphatic heterocycles. The number of hydrazone groups is 1. The van der Waals surface area contributed by atoms with Crippen molar-refractivity contribution in [1.82, 2.24) is 16.1 Å². The maximum absolute atomic E-state index is 10.4. The van der Waals surface area contributed by atoms with E-state index in [1.54, 1.807) is 0 Å². The Hall–Kier alpha value is -0.540. The molecule has 3 N–H and O–H groups in total. The Bertz CT molecular complexity index is 393. The van der Waals surface area contributed by atoms with E-state index in [4.69, 9.17) is 27.8 Å². The molecule has 0 aromatic carbocycles. The van der Waals surface area contributed by atoms with E-state index in [2.05, 4.69) is 16.0 Å². The standard InChI is InChI=1S/C5H8Cl2N4O3S/c6-4-3-5(7)10-11(9-4)8-1-2-15(12,13)14/h3,8-9H,1-2H2,(H,12,13,14). The largest absolute Gasteiger partial charge is 0.286 e. The van der Waals surface area contributed by atoms with Gasteiger partial charge in [0.1, 0.15) is 5.16 Å². The highest BCUT2D eigenvalue weighted by Crippen LogP contribution is 2.06. The average molecular weight is 275 g/mol. The minimum Gasteiger partial charge on any atom is -0.286 e. The molecule has 0 aliphatic carbocycles. The van der Waals surface area contributed by atoms with Crippen molar-refractivity contribution in [3.63, 3.8) is 0 Å². The van der Waals surface area contributed by atoms with E-state index in [0.29, 0.717) is 0 Å². The summed E-state index contributed by atoms with van der Waals surface area (Å²) < 4.78 is 29.2. The smallest absolute Gasteiger partial charge is 0.266 e. The van der Waals surface area contributed by atoms with Gasteiger partial charge in [-0.25, -0.2) is 0 Å². The van der Waals surface area contributed by atoms with Crippen molar-refractivity contribution in [2.24, 2.45) is 5.10 Å². The Morgan fingerprint density at radius 1 is 1.60 bits per heavy atom. The van der Waals surface area contributed by atoms with Gasteiger partial charge in [-0.05, 0) is 0 Å². The topological polar surface area (TPSA) is 94.0 Å². The quantitative estimate of drug-likeness (QED) is 0.487. The van der Waals surface area contributed by atoms with Crippen LogP contribution in [0.4, 0.5) is 0 Å². The Labute approximate surface area is 96.4 Å². The van der Waals surface area contributed by atoms with Crippen molar-refractivity contribution in [2.45, 2.75) is 0 Å². The van der Waals surface area contributed by atoms with E-state index >= 15 is 0 Å². The number of hydrogen-bond acceptors (Lipinski definition) is 6. The van der Waals surface area contributed by atoms with Gasteiger partial charge in [0.25, 0.3) is 10.1 Å². The first-order valence-electron chi connectivity index (χ1n) is 3.73. The van der Waals surface area contributed by atoms with Gasteiger partial charge in [0.2, 0.25) is 0 Å². The second-order valence-corrected chi connectivity index (χ2v) is 4.90. The minimum atomic E-state index is -4.00. The van der Waals surface area contributed by atoms with Gasteiger partial charge in [0.15, 0.2) is 5.17 Å². The third-order valence-electron chi connectivity index (χ3n) is 1.28. The lowest BCUT2D eigenvalue weighted by molar-refractivity contribution is 0.147. The van der Waals surface area contributed by atoms with Gasteiger partial charge in [-0.15, -0.1) is 10.3 Å². The molecule has 1 heterocycles. The third kappa shape index (κ3) is 5.19. The maximum atomic E-state index is 10.4. The molecule has 86 valence electrons. The molecule has 10 heteroatoms. The summed E-state index contributed by atoms with van der Waals surface area (Å²) in [7, 11) is -4.00. The zero-order valence-corrected chi connectivity index (χ0v) is 9.64. The normalized spacial score (nSPS) is 16.9. The van der Waals surface area contributed by atoms with Gasteiger partial charge in [0, 0.05) is 12.6 Å². The highest BCUT2D eigenvalue weighted by atomic mass is 35.5. The van der Waals surface area contributed by atoms with Crippen LogP contribution in [0.25, 0.3) is 0 Å². The Morgan fingerprint density at radius 3 is 2.80 bits per heavy atom. The molecule has 0 unspecified atom stereocenters. The predicted octanol–water partition coefficient (Wildman–Crippen LogP) is -0.168. The summed E-state index contributed by atoms with van der Waals surface area (Å²) in [6, 6.07) is 0. The van der Waals surface area contributed by atoms with Crippen molar-refractivity contribution < 1.29 is 13.0 Å². The minimum absolute atomic E-state index is 0.0380. The van der Waals surface area contributed by atoms with Crippen molar-refractivity contribution in [1.29, 1.82) is 0 Å². The third-order valence-corrected chi connectivity index (χ3v) is 2.37. The zero-order chi connectivity index (χ0) is 11.5. The lowest BCUT2D eigenvalue weighted by Crippen LogP contribution is -2.46. The van der Waals surface area contributed by atoms with Crippen LogP contribution in [0.15, 0.2) is 16.3 Å². The monoisotopic (exact) mass is 274 g/mol. The van der Waals surface area contributed by atoms with Crippen LogP contribution in [0.2, 0.25) is 0 Å². The first kappa shape index (κ1) is 12.5. The Morgan fingerprint density at radius 2 is 2.27 bits per heavy atom. The molecule has 0 amide bonds. The number of halogens is 2. The molecule has 0 aromatic rings. The highest BCUT2D eigenvalue weighted by molar-refractivity contribution is 7.85. The number of hydrazine groups is 2. The van der Waals surface area contributed by atoms with Crippen LogP contribution in [-0.2, 0) is 10.1 Å². The van der Waals surface area contributed by atoms with Gasteiger partial charge in [-0.2, -0.15) is 13.8 Å². The fraction of sp³-hybridized carbons (Fsp3) is 0.400. The van der Waals surface area contributed by atoms with E-state index in [1.165, 1.54) is 6.08 Å². The van der Waals surface area contributed by atoms with E-state index in [0.717, 1.165) is 5.23 Å². The van der Waals surface area contributed by atoms with Crippen LogP contribution in [-0.4, -0.2) is 35.7 Å². The lowest BCUT2D eigenvalue weighted by Gasteiger charge is -2.23. The summed E-state index contributed by atoms with van der Waals surface area (Å²) in [5, 5.41) is 5.13. The SMILES string of the molecule is O=S(=O)(O)CCNN1N=C(Cl)C=C(Cl)N1. The molecule has 0 aromatic heterocycles. The summed E-state index contributed by atoms with van der Waals surface area (Å²) in [5.74, 6) is -0.445. The van der Waals surface area contributed by atoms with Gasteiger partial charge in [-0.1, -0.05) is 23.2 Å². The highest BCUT2D eigenvalue weighted by Gasteiger charge is 2.10. The van der Waals surface area contributed by atoms with Crippen LogP contribution in [0.3, 0.4) is 0 Å². The van der Waals surface area contributed by atoms with Crippen LogP contribution < -0.4 is 10.9 Å². The summed E-state index contributed by atoms with van der Waals surface area (Å²) in [6.45, 7) is -0.0380. The van der Waals surface area contributed by atoms with Crippen molar-refractivity contribution in [3.8, 4) is 0 Å². The van der Waals surface area contributed by atoms with Crippen LogP contribution in [0.1, 0.15) is 0 Å². The molecule has 0 saturated carbocycles. The van der Waals surface area contributed by atoms with E-state index in [9.17, 15) is 8.42 Å². The summed E-state index contributed by atoms with van der Waals surface area (Å²) >= 11 is 11.2. The number of nitrogens with zero attached hydrogens (tertiary/aromatic N) is 2. The van der Waals surface area contributed by atoms with Gasteiger partial charge in [-0.3, -0.25) is 9.98 Å². The van der Waals surface area contributed by atoms with Gasteiger partial charge >= 0.3 is 0 Å². The van der Waals surface area contributed by atoms with Crippen molar-refractivity contribution in [3.05, 3.63) is 11.2 Å². The maximum Gasteiger partial charge on any atom is 0.266 e. The summed E-state index contributed by atoms with van der Waals surface area (Å²) in [4.78, 5) is 0. The zero-order valence-electron chi connectivity index (χ0n) is 7.31. The molecule has 0 radical (unpaired) electrons. The fourth-order valence-corrected chi connectivity index (χ4v) is 1.52. The fourth-order valence-electron chi connectivity index (χ4n) is 0.743. The predicted molar refractivity (Wildman–Crippen MR) is 56.6 cm³/mol. The lowest BCUT2D eigenvalue weighted by atomic mass is 10.6. The molecule has 0 spiro atoms. The molecule has 0 bridgehead atoms. The molecule has 1 aliphatic rings. The van der Waals surface area contributed by atoms with Crippen LogP contribution in [0, 0.1) is 0 Å². The molecule has 7 nitrogen and oxygen atoms in total. The number of allylic oxidation sites excluding steroid dienone is 1. The van der Waals surface area contributed by atoms with Crippen molar-refractivity contribution in [2.75, 3.05) is 12.3 Å². The number of rotatable bonds is 4. The molecule has 0 saturated heterocycles. The molecule has 15 heavy (non-hydrogen) atoms. The van der Waals surface area contributed by atoms with Gasteiger partial charge in [0.05, 0.1) is 5.75 Å². The van der Waals surface area contributed by atoms with Crippen LogP contribution in [0.5, 0.6) is 0 Å². The number of hydrogen-bond donors (Lipinski definition) is 3. The second-order valence-electron chi connectivity index (χ2n) is 2.53. The molecule has 0 atom stereocenters. The first-order valence-corrected chi connectivity index (χ1v) is 6.10. The average Bonchev–Trinajstić information content (AvgIpc) is 1.99. The van der Waals surface area contributed by atoms with Crippen LogP contribution >= 0.6 is 23.2 Å². The number of nitrogens with one attached hydrogen (secondary N) is 2. The van der Waals surface area contributed by atoms with Crippen molar-refractivity contribution >= 4 is 38.5 Å².